The van der Waals surface area contributed by atoms with Gasteiger partial charge in [0.1, 0.15) is 0 Å². The summed E-state index contributed by atoms with van der Waals surface area (Å²) in [4.78, 5) is 13.3. The van der Waals surface area contributed by atoms with Crippen LogP contribution in [0.3, 0.4) is 0 Å². The van der Waals surface area contributed by atoms with Crippen LogP contribution in [0, 0.1) is 0 Å². The first kappa shape index (κ1) is 14.9. The average Bonchev–Trinajstić information content (AvgIpc) is 2.45. The van der Waals surface area contributed by atoms with Crippen molar-refractivity contribution in [1.29, 1.82) is 0 Å². The van der Waals surface area contributed by atoms with Gasteiger partial charge in [0.25, 0.3) is 6.43 Å². The summed E-state index contributed by atoms with van der Waals surface area (Å²) in [6, 6.07) is 7.25. The molecule has 0 radical (unpaired) electrons. The van der Waals surface area contributed by atoms with Crippen LogP contribution in [0.1, 0.15) is 11.1 Å². The van der Waals surface area contributed by atoms with Gasteiger partial charge in [-0.25, -0.2) is 8.78 Å². The summed E-state index contributed by atoms with van der Waals surface area (Å²) in [7, 11) is 0. The third-order valence-corrected chi connectivity index (χ3v) is 3.42. The zero-order valence-corrected chi connectivity index (χ0v) is 11.1. The standard InChI is InChI=1S/C14H18F2N2O2/c15-13(16)9-18(5-6-19)14(20)12-7-10-3-1-2-4-11(10)8-17-12/h1-4,12-13,17,19H,5-9H2. The highest BCUT2D eigenvalue weighted by Crippen LogP contribution is 2.17. The maximum Gasteiger partial charge on any atom is 0.255 e. The summed E-state index contributed by atoms with van der Waals surface area (Å²) in [6.45, 7) is -0.474. The first-order valence-electron chi connectivity index (χ1n) is 6.59. The van der Waals surface area contributed by atoms with Crippen LogP contribution in [0.4, 0.5) is 8.78 Å². The summed E-state index contributed by atoms with van der Waals surface area (Å²) in [5, 5.41) is 12.0. The molecule has 20 heavy (non-hydrogen) atoms. The van der Waals surface area contributed by atoms with Crippen LogP contribution in [-0.2, 0) is 17.8 Å². The molecule has 4 nitrogen and oxygen atoms in total. The van der Waals surface area contributed by atoms with Crippen molar-refractivity contribution in [2.75, 3.05) is 19.7 Å². The van der Waals surface area contributed by atoms with E-state index in [1.807, 2.05) is 24.3 Å². The van der Waals surface area contributed by atoms with Crippen molar-refractivity contribution in [3.63, 3.8) is 0 Å². The van der Waals surface area contributed by atoms with Crippen molar-refractivity contribution < 1.29 is 18.7 Å². The van der Waals surface area contributed by atoms with Crippen molar-refractivity contribution in [3.05, 3.63) is 35.4 Å². The molecule has 1 aliphatic rings. The number of hydrogen-bond acceptors (Lipinski definition) is 3. The van der Waals surface area contributed by atoms with Crippen LogP contribution in [-0.4, -0.2) is 48.1 Å². The van der Waals surface area contributed by atoms with Crippen LogP contribution in [0.2, 0.25) is 0 Å². The van der Waals surface area contributed by atoms with Gasteiger partial charge in [0.2, 0.25) is 5.91 Å². The van der Waals surface area contributed by atoms with Crippen molar-refractivity contribution in [2.45, 2.75) is 25.4 Å². The maximum absolute atomic E-state index is 12.5. The Hall–Kier alpha value is -1.53. The van der Waals surface area contributed by atoms with Crippen molar-refractivity contribution >= 4 is 5.91 Å². The number of halogens is 2. The maximum atomic E-state index is 12.5. The predicted octanol–water partition coefficient (Wildman–Crippen LogP) is 0.787. The highest BCUT2D eigenvalue weighted by Gasteiger charge is 2.28. The Morgan fingerprint density at radius 2 is 2.10 bits per heavy atom. The van der Waals surface area contributed by atoms with Gasteiger partial charge in [-0.15, -0.1) is 0 Å². The van der Waals surface area contributed by atoms with Gasteiger partial charge in [-0.3, -0.25) is 4.79 Å². The molecule has 1 aliphatic heterocycles. The van der Waals surface area contributed by atoms with E-state index in [2.05, 4.69) is 5.32 Å². The highest BCUT2D eigenvalue weighted by molar-refractivity contribution is 5.82. The summed E-state index contributed by atoms with van der Waals surface area (Å²) in [6.07, 6.45) is -2.11. The fourth-order valence-electron chi connectivity index (χ4n) is 2.43. The molecular weight excluding hydrogens is 266 g/mol. The third kappa shape index (κ3) is 3.52. The van der Waals surface area contributed by atoms with Gasteiger partial charge < -0.3 is 15.3 Å². The van der Waals surface area contributed by atoms with E-state index in [1.165, 1.54) is 0 Å². The molecule has 0 saturated carbocycles. The molecule has 1 aromatic rings. The monoisotopic (exact) mass is 284 g/mol. The molecule has 0 aliphatic carbocycles. The lowest BCUT2D eigenvalue weighted by atomic mass is 9.95. The molecule has 2 rings (SSSR count). The zero-order chi connectivity index (χ0) is 14.5. The Morgan fingerprint density at radius 3 is 2.75 bits per heavy atom. The van der Waals surface area contributed by atoms with Gasteiger partial charge in [0.05, 0.1) is 19.2 Å². The molecule has 1 atom stereocenters. The van der Waals surface area contributed by atoms with E-state index in [0.29, 0.717) is 13.0 Å². The summed E-state index contributed by atoms with van der Waals surface area (Å²) >= 11 is 0. The molecule has 110 valence electrons. The molecule has 1 aromatic carbocycles. The molecule has 1 amide bonds. The van der Waals surface area contributed by atoms with Gasteiger partial charge in [-0.2, -0.15) is 0 Å². The number of alkyl halides is 2. The number of fused-ring (bicyclic) bond motifs is 1. The van der Waals surface area contributed by atoms with Gasteiger partial charge in [0.15, 0.2) is 0 Å². The Labute approximate surface area is 116 Å². The van der Waals surface area contributed by atoms with Crippen LogP contribution in [0.5, 0.6) is 0 Å². The van der Waals surface area contributed by atoms with E-state index >= 15 is 0 Å². The second kappa shape index (κ2) is 6.76. The second-order valence-corrected chi connectivity index (χ2v) is 4.81. The SMILES string of the molecule is O=C(C1Cc2ccccc2CN1)N(CCO)CC(F)F. The lowest BCUT2D eigenvalue weighted by Crippen LogP contribution is -2.51. The highest BCUT2D eigenvalue weighted by atomic mass is 19.3. The van der Waals surface area contributed by atoms with Gasteiger partial charge in [-0.1, -0.05) is 24.3 Å². The van der Waals surface area contributed by atoms with Crippen LogP contribution < -0.4 is 5.32 Å². The molecule has 1 heterocycles. The predicted molar refractivity (Wildman–Crippen MR) is 70.4 cm³/mol. The molecule has 6 heteroatoms. The van der Waals surface area contributed by atoms with Crippen molar-refractivity contribution in [1.82, 2.24) is 10.2 Å². The smallest absolute Gasteiger partial charge is 0.255 e. The Morgan fingerprint density at radius 1 is 1.40 bits per heavy atom. The number of carbonyl (C=O) groups excluding carboxylic acids is 1. The molecule has 0 spiro atoms. The second-order valence-electron chi connectivity index (χ2n) is 4.81. The normalized spacial score (nSPS) is 17.9. The Balaban J connectivity index is 2.05. The Bertz CT molecular complexity index is 468. The van der Waals surface area contributed by atoms with Gasteiger partial charge in [-0.05, 0) is 17.5 Å². The van der Waals surface area contributed by atoms with Gasteiger partial charge in [0, 0.05) is 13.1 Å². The number of carbonyl (C=O) groups is 1. The number of nitrogens with zero attached hydrogens (tertiary/aromatic N) is 1. The molecule has 0 aromatic heterocycles. The fourth-order valence-corrected chi connectivity index (χ4v) is 2.43. The lowest BCUT2D eigenvalue weighted by molar-refractivity contribution is -0.136. The number of rotatable bonds is 5. The Kier molecular flexibility index (Phi) is 5.03. The molecule has 0 fully saturated rings. The minimum Gasteiger partial charge on any atom is -0.395 e. The molecule has 1 unspecified atom stereocenters. The number of hydrogen-bond donors (Lipinski definition) is 2. The average molecular weight is 284 g/mol. The van der Waals surface area contributed by atoms with Crippen LogP contribution in [0.25, 0.3) is 0 Å². The van der Waals surface area contributed by atoms with E-state index in [0.717, 1.165) is 16.0 Å². The number of benzene rings is 1. The van der Waals surface area contributed by atoms with E-state index < -0.39 is 19.0 Å². The number of aliphatic hydroxyl groups excluding tert-OH is 1. The van der Waals surface area contributed by atoms with Crippen molar-refractivity contribution in [2.24, 2.45) is 0 Å². The largest absolute Gasteiger partial charge is 0.395 e. The fraction of sp³-hybridized carbons (Fsp3) is 0.500. The first-order valence-corrected chi connectivity index (χ1v) is 6.59. The van der Waals surface area contributed by atoms with Gasteiger partial charge >= 0.3 is 0 Å². The van der Waals surface area contributed by atoms with E-state index in [9.17, 15) is 13.6 Å². The molecular formula is C14H18F2N2O2. The zero-order valence-electron chi connectivity index (χ0n) is 11.1. The first-order chi connectivity index (χ1) is 9.61. The quantitative estimate of drug-likeness (QED) is 0.840. The minimum atomic E-state index is -2.60. The van der Waals surface area contributed by atoms with Crippen LogP contribution in [0.15, 0.2) is 24.3 Å². The lowest BCUT2D eigenvalue weighted by Gasteiger charge is -2.30. The van der Waals surface area contributed by atoms with Crippen molar-refractivity contribution in [3.8, 4) is 0 Å². The van der Waals surface area contributed by atoms with E-state index in [1.54, 1.807) is 0 Å². The summed E-state index contributed by atoms with van der Waals surface area (Å²) < 4.78 is 25.0. The summed E-state index contributed by atoms with van der Waals surface area (Å²) in [5.74, 6) is -0.381. The topological polar surface area (TPSA) is 52.6 Å². The van der Waals surface area contributed by atoms with Crippen LogP contribution >= 0.6 is 0 Å². The third-order valence-electron chi connectivity index (χ3n) is 3.42. The van der Waals surface area contributed by atoms with E-state index in [4.69, 9.17) is 5.11 Å². The van der Waals surface area contributed by atoms with E-state index in [-0.39, 0.29) is 19.1 Å². The number of nitrogens with one attached hydrogen (secondary N) is 1. The minimum absolute atomic E-state index is 0.0665. The number of aliphatic hydroxyl groups is 1. The molecule has 2 N–H and O–H groups in total. The molecule has 0 saturated heterocycles. The number of amides is 1. The summed E-state index contributed by atoms with van der Waals surface area (Å²) in [5.41, 5.74) is 2.18. The molecule has 0 bridgehead atoms.